The van der Waals surface area contributed by atoms with E-state index in [1.54, 1.807) is 0 Å². The summed E-state index contributed by atoms with van der Waals surface area (Å²) >= 11 is 0. The summed E-state index contributed by atoms with van der Waals surface area (Å²) in [6, 6.07) is 49.4. The summed E-state index contributed by atoms with van der Waals surface area (Å²) in [5.74, 6) is 0. The number of rotatable bonds is 6. The minimum absolute atomic E-state index is 0.298. The van der Waals surface area contributed by atoms with Gasteiger partial charge in [-0.1, -0.05) is 127 Å². The Morgan fingerprint density at radius 3 is 1.51 bits per heavy atom. The first-order chi connectivity index (χ1) is 18.2. The lowest BCUT2D eigenvalue weighted by atomic mass is 9.63. The number of benzene rings is 5. The molecule has 0 amide bonds. The van der Waals surface area contributed by atoms with E-state index in [9.17, 15) is 0 Å². The standard InChI is InChI=1S/C36H33N/c1-27-12-8-19-32(24-27)36(35-22-11-23-37-35,33-20-9-17-30(25-33)28-13-4-2-5-14-28)34-21-10-18-31(26-34)29-15-6-3-7-16-29/h2-10,12-21,24-26,35,37H,11,22-23H2,1H3. The van der Waals surface area contributed by atoms with Crippen molar-refractivity contribution in [3.8, 4) is 22.3 Å². The van der Waals surface area contributed by atoms with Gasteiger partial charge in [0.05, 0.1) is 5.41 Å². The quantitative estimate of drug-likeness (QED) is 0.241. The van der Waals surface area contributed by atoms with Crippen LogP contribution in [-0.2, 0) is 5.41 Å². The summed E-state index contributed by atoms with van der Waals surface area (Å²) < 4.78 is 0. The monoisotopic (exact) mass is 479 g/mol. The maximum atomic E-state index is 3.93. The molecular weight excluding hydrogens is 446 g/mol. The first-order valence-electron chi connectivity index (χ1n) is 13.4. The lowest BCUT2D eigenvalue weighted by molar-refractivity contribution is 0.435. The molecule has 1 fully saturated rings. The zero-order valence-electron chi connectivity index (χ0n) is 21.4. The molecule has 1 aliphatic heterocycles. The average Bonchev–Trinajstić information content (AvgIpc) is 3.50. The Kier molecular flexibility index (Phi) is 6.47. The highest BCUT2D eigenvalue weighted by Gasteiger charge is 2.45. The Morgan fingerprint density at radius 2 is 1.03 bits per heavy atom. The van der Waals surface area contributed by atoms with Crippen molar-refractivity contribution in [1.29, 1.82) is 0 Å². The summed E-state index contributed by atoms with van der Waals surface area (Å²) in [5, 5.41) is 3.93. The molecule has 0 spiro atoms. The number of aryl methyl sites for hydroxylation is 1. The molecule has 1 saturated heterocycles. The van der Waals surface area contributed by atoms with Crippen molar-refractivity contribution in [1.82, 2.24) is 5.32 Å². The fourth-order valence-electron chi connectivity index (χ4n) is 6.20. The first-order valence-corrected chi connectivity index (χ1v) is 13.4. The average molecular weight is 480 g/mol. The molecule has 37 heavy (non-hydrogen) atoms. The van der Waals surface area contributed by atoms with Gasteiger partial charge < -0.3 is 5.32 Å². The van der Waals surface area contributed by atoms with Gasteiger partial charge in [0.15, 0.2) is 0 Å². The van der Waals surface area contributed by atoms with Crippen LogP contribution in [0.2, 0.25) is 0 Å². The van der Waals surface area contributed by atoms with E-state index in [-0.39, 0.29) is 5.41 Å². The molecule has 0 saturated carbocycles. The van der Waals surface area contributed by atoms with Gasteiger partial charge in [0.1, 0.15) is 0 Å². The molecule has 1 atom stereocenters. The summed E-state index contributed by atoms with van der Waals surface area (Å²) in [5.41, 5.74) is 10.0. The molecule has 1 aliphatic rings. The molecule has 1 N–H and O–H groups in total. The second-order valence-corrected chi connectivity index (χ2v) is 10.2. The maximum Gasteiger partial charge on any atom is 0.0604 e. The van der Waals surface area contributed by atoms with Gasteiger partial charge in [-0.25, -0.2) is 0 Å². The third-order valence-electron chi connectivity index (χ3n) is 7.91. The van der Waals surface area contributed by atoms with Gasteiger partial charge in [-0.2, -0.15) is 0 Å². The SMILES string of the molecule is Cc1cccc(C(c2cccc(-c3ccccc3)c2)(c2cccc(-c3ccccc3)c2)C2CCCN2)c1. The summed E-state index contributed by atoms with van der Waals surface area (Å²) in [4.78, 5) is 0. The van der Waals surface area contributed by atoms with Gasteiger partial charge >= 0.3 is 0 Å². The fourth-order valence-corrected chi connectivity index (χ4v) is 6.20. The Morgan fingerprint density at radius 1 is 0.541 bits per heavy atom. The molecular formula is C36H33N. The van der Waals surface area contributed by atoms with E-state index in [1.165, 1.54) is 50.9 Å². The van der Waals surface area contributed by atoms with Crippen LogP contribution in [0.1, 0.15) is 35.1 Å². The van der Waals surface area contributed by atoms with Crippen molar-refractivity contribution in [3.63, 3.8) is 0 Å². The van der Waals surface area contributed by atoms with E-state index >= 15 is 0 Å². The van der Waals surface area contributed by atoms with E-state index in [0.29, 0.717) is 6.04 Å². The highest BCUT2D eigenvalue weighted by atomic mass is 15.0. The first kappa shape index (κ1) is 23.5. The molecule has 5 aromatic carbocycles. The molecule has 6 rings (SSSR count). The molecule has 0 radical (unpaired) electrons. The van der Waals surface area contributed by atoms with Crippen LogP contribution in [0.5, 0.6) is 0 Å². The minimum atomic E-state index is -0.321. The van der Waals surface area contributed by atoms with Crippen LogP contribution in [0.3, 0.4) is 0 Å². The molecule has 5 aromatic rings. The Bertz CT molecular complexity index is 1400. The highest BCUT2D eigenvalue weighted by Crippen LogP contribution is 2.46. The predicted octanol–water partition coefficient (Wildman–Crippen LogP) is 8.42. The van der Waals surface area contributed by atoms with Crippen molar-refractivity contribution in [3.05, 3.63) is 156 Å². The van der Waals surface area contributed by atoms with Crippen molar-refractivity contribution in [2.24, 2.45) is 0 Å². The van der Waals surface area contributed by atoms with E-state index in [4.69, 9.17) is 0 Å². The van der Waals surface area contributed by atoms with Crippen LogP contribution in [0.4, 0.5) is 0 Å². The smallest absolute Gasteiger partial charge is 0.0604 e. The van der Waals surface area contributed by atoms with Crippen molar-refractivity contribution in [2.75, 3.05) is 6.54 Å². The van der Waals surface area contributed by atoms with Crippen LogP contribution < -0.4 is 5.32 Å². The zero-order chi connectivity index (χ0) is 25.1. The van der Waals surface area contributed by atoms with Crippen LogP contribution in [0, 0.1) is 6.92 Å². The Labute approximate surface area is 220 Å². The number of hydrogen-bond donors (Lipinski definition) is 1. The van der Waals surface area contributed by atoms with E-state index < -0.39 is 0 Å². The van der Waals surface area contributed by atoms with Crippen molar-refractivity contribution >= 4 is 0 Å². The maximum absolute atomic E-state index is 3.93. The number of hydrogen-bond acceptors (Lipinski definition) is 1. The van der Waals surface area contributed by atoms with Gasteiger partial charge in [0.25, 0.3) is 0 Å². The number of nitrogens with one attached hydrogen (secondary N) is 1. The fraction of sp³-hybridized carbons (Fsp3) is 0.167. The van der Waals surface area contributed by atoms with Crippen molar-refractivity contribution in [2.45, 2.75) is 31.2 Å². The third-order valence-corrected chi connectivity index (χ3v) is 7.91. The molecule has 1 heterocycles. The zero-order valence-corrected chi connectivity index (χ0v) is 21.4. The van der Waals surface area contributed by atoms with Gasteiger partial charge in [-0.15, -0.1) is 0 Å². The Hall–Kier alpha value is -3.94. The molecule has 1 nitrogen and oxygen atoms in total. The molecule has 0 aliphatic carbocycles. The topological polar surface area (TPSA) is 12.0 Å². The summed E-state index contributed by atoms with van der Waals surface area (Å²) in [6.07, 6.45) is 2.33. The second kappa shape index (κ2) is 10.2. The summed E-state index contributed by atoms with van der Waals surface area (Å²) in [6.45, 7) is 3.26. The Balaban J connectivity index is 1.64. The largest absolute Gasteiger partial charge is 0.312 e. The van der Waals surface area contributed by atoms with Crippen LogP contribution >= 0.6 is 0 Å². The predicted molar refractivity (Wildman–Crippen MR) is 156 cm³/mol. The van der Waals surface area contributed by atoms with Gasteiger partial charge in [-0.3, -0.25) is 0 Å². The normalized spacial score (nSPS) is 15.5. The van der Waals surface area contributed by atoms with Crippen molar-refractivity contribution < 1.29 is 0 Å². The molecule has 0 aromatic heterocycles. The van der Waals surface area contributed by atoms with Crippen LogP contribution in [0.15, 0.2) is 133 Å². The molecule has 1 unspecified atom stereocenters. The molecule has 1 heteroatoms. The van der Waals surface area contributed by atoms with Gasteiger partial charge in [-0.05, 0) is 77.4 Å². The lowest BCUT2D eigenvalue weighted by Gasteiger charge is -2.42. The van der Waals surface area contributed by atoms with Crippen LogP contribution in [0.25, 0.3) is 22.3 Å². The van der Waals surface area contributed by atoms with Gasteiger partial charge in [0, 0.05) is 6.04 Å². The third kappa shape index (κ3) is 4.41. The molecule has 0 bridgehead atoms. The summed E-state index contributed by atoms with van der Waals surface area (Å²) in [7, 11) is 0. The van der Waals surface area contributed by atoms with Gasteiger partial charge in [0.2, 0.25) is 0 Å². The minimum Gasteiger partial charge on any atom is -0.312 e. The van der Waals surface area contributed by atoms with E-state index in [0.717, 1.165) is 13.0 Å². The molecule has 182 valence electrons. The van der Waals surface area contributed by atoms with Crippen LogP contribution in [-0.4, -0.2) is 12.6 Å². The van der Waals surface area contributed by atoms with E-state index in [1.807, 2.05) is 0 Å². The van der Waals surface area contributed by atoms with E-state index in [2.05, 4.69) is 146 Å². The lowest BCUT2D eigenvalue weighted by Crippen LogP contribution is -2.47. The second-order valence-electron chi connectivity index (χ2n) is 10.2. The highest BCUT2D eigenvalue weighted by molar-refractivity contribution is 5.69.